The first-order valence-electron chi connectivity index (χ1n) is 8.68. The van der Waals surface area contributed by atoms with Crippen LogP contribution in [-0.2, 0) is 0 Å². The molecule has 1 atom stereocenters. The molecule has 4 rings (SSSR count). The molecule has 2 aromatic heterocycles. The summed E-state index contributed by atoms with van der Waals surface area (Å²) < 4.78 is 5.59. The maximum Gasteiger partial charge on any atom is 0.253 e. The largest absolute Gasteiger partial charge is 0.461 e. The summed E-state index contributed by atoms with van der Waals surface area (Å²) in [6.07, 6.45) is 5.62. The summed E-state index contributed by atoms with van der Waals surface area (Å²) in [5.74, 6) is 1.19. The quantitative estimate of drug-likeness (QED) is 0.713. The third-order valence-electron chi connectivity index (χ3n) is 4.79. The number of rotatable bonds is 2. The molecule has 0 aliphatic carbocycles. The van der Waals surface area contributed by atoms with Crippen molar-refractivity contribution in [2.24, 2.45) is 0 Å². The van der Waals surface area contributed by atoms with Gasteiger partial charge in [0.05, 0.1) is 11.4 Å². The van der Waals surface area contributed by atoms with Gasteiger partial charge in [0.15, 0.2) is 0 Å². The first kappa shape index (κ1) is 15.8. The maximum atomic E-state index is 13.0. The molecule has 0 bridgehead atoms. The van der Waals surface area contributed by atoms with Gasteiger partial charge in [-0.2, -0.15) is 0 Å². The molecule has 0 N–H and O–H groups in total. The predicted octanol–water partition coefficient (Wildman–Crippen LogP) is 3.86. The van der Waals surface area contributed by atoms with Gasteiger partial charge in [-0.25, -0.2) is 0 Å². The number of fused-ring (bicyclic) bond motifs is 1. The average molecular weight is 335 g/mol. The zero-order valence-corrected chi connectivity index (χ0v) is 14.5. The van der Waals surface area contributed by atoms with Crippen molar-refractivity contribution in [2.75, 3.05) is 13.1 Å². The van der Waals surface area contributed by atoms with Gasteiger partial charge in [-0.15, -0.1) is 0 Å². The summed E-state index contributed by atoms with van der Waals surface area (Å²) >= 11 is 0. The molecule has 0 unspecified atom stereocenters. The number of likely N-dealkylation sites (tertiary alicyclic amines) is 1. The first-order valence-corrected chi connectivity index (χ1v) is 8.68. The molecule has 1 amide bonds. The van der Waals surface area contributed by atoms with Crippen LogP contribution in [0.4, 0.5) is 0 Å². The van der Waals surface area contributed by atoms with Crippen molar-refractivity contribution < 1.29 is 9.21 Å². The van der Waals surface area contributed by atoms with E-state index < -0.39 is 0 Å². The van der Waals surface area contributed by atoms with Gasteiger partial charge in [0, 0.05) is 42.4 Å². The Morgan fingerprint density at radius 2 is 2.12 bits per heavy atom. The summed E-state index contributed by atoms with van der Waals surface area (Å²) in [5.41, 5.74) is 3.44. The van der Waals surface area contributed by atoms with Crippen LogP contribution in [0.2, 0.25) is 0 Å². The molecule has 0 spiro atoms. The Morgan fingerprint density at radius 1 is 1.24 bits per heavy atom. The molecule has 5 nitrogen and oxygen atoms in total. The molecule has 1 aliphatic heterocycles. The van der Waals surface area contributed by atoms with E-state index in [0.29, 0.717) is 12.1 Å². The molecule has 1 fully saturated rings. The summed E-state index contributed by atoms with van der Waals surface area (Å²) in [6.45, 7) is 5.35. The molecule has 128 valence electrons. The zero-order valence-electron chi connectivity index (χ0n) is 14.5. The van der Waals surface area contributed by atoms with Crippen LogP contribution in [0.5, 0.6) is 0 Å². The Labute approximate surface area is 146 Å². The molecular formula is C20H21N3O2. The first-order chi connectivity index (χ1) is 12.1. The number of aromatic nitrogens is 2. The molecule has 1 saturated heterocycles. The lowest BCUT2D eigenvalue weighted by molar-refractivity contribution is 0.0706. The number of nitrogens with zero attached hydrogens (tertiary/aromatic N) is 3. The minimum absolute atomic E-state index is 0.0751. The molecule has 3 heterocycles. The van der Waals surface area contributed by atoms with Crippen molar-refractivity contribution in [3.05, 3.63) is 59.4 Å². The fourth-order valence-electron chi connectivity index (χ4n) is 3.57. The number of carbonyl (C=O) groups excluding carboxylic acids is 1. The van der Waals surface area contributed by atoms with Crippen LogP contribution in [0.3, 0.4) is 0 Å². The summed E-state index contributed by atoms with van der Waals surface area (Å²) in [5, 5.41) is 0.974. The summed E-state index contributed by atoms with van der Waals surface area (Å²) in [7, 11) is 0. The smallest absolute Gasteiger partial charge is 0.253 e. The summed E-state index contributed by atoms with van der Waals surface area (Å²) in [6, 6.07) is 7.62. The summed E-state index contributed by atoms with van der Waals surface area (Å²) in [4.78, 5) is 23.7. The molecule has 0 radical (unpaired) electrons. The second-order valence-corrected chi connectivity index (χ2v) is 6.79. The third kappa shape index (κ3) is 3.14. The van der Waals surface area contributed by atoms with E-state index in [1.165, 1.54) is 0 Å². The van der Waals surface area contributed by atoms with Crippen molar-refractivity contribution in [1.29, 1.82) is 0 Å². The van der Waals surface area contributed by atoms with Crippen LogP contribution >= 0.6 is 0 Å². The molecule has 0 saturated carbocycles. The Balaban J connectivity index is 1.56. The highest BCUT2D eigenvalue weighted by Gasteiger charge is 2.26. The number of benzene rings is 1. The van der Waals surface area contributed by atoms with E-state index in [1.807, 2.05) is 49.2 Å². The number of furan rings is 1. The van der Waals surface area contributed by atoms with E-state index in [9.17, 15) is 4.79 Å². The van der Waals surface area contributed by atoms with Gasteiger partial charge in [0.1, 0.15) is 11.3 Å². The van der Waals surface area contributed by atoms with Crippen molar-refractivity contribution in [3.63, 3.8) is 0 Å². The molecular weight excluding hydrogens is 314 g/mol. The van der Waals surface area contributed by atoms with Gasteiger partial charge < -0.3 is 9.32 Å². The normalized spacial score (nSPS) is 17.8. The number of amides is 1. The lowest BCUT2D eigenvalue weighted by Crippen LogP contribution is -2.39. The second kappa shape index (κ2) is 6.31. The van der Waals surface area contributed by atoms with Crippen molar-refractivity contribution in [2.45, 2.75) is 32.6 Å². The number of piperidine rings is 1. The van der Waals surface area contributed by atoms with Crippen molar-refractivity contribution in [1.82, 2.24) is 14.9 Å². The molecule has 5 heteroatoms. The molecule has 3 aromatic rings. The van der Waals surface area contributed by atoms with E-state index in [4.69, 9.17) is 4.42 Å². The monoisotopic (exact) mass is 335 g/mol. The number of carbonyl (C=O) groups is 1. The van der Waals surface area contributed by atoms with E-state index in [0.717, 1.165) is 47.5 Å². The minimum Gasteiger partial charge on any atom is -0.461 e. The fraction of sp³-hybridized carbons (Fsp3) is 0.350. The maximum absolute atomic E-state index is 13.0. The van der Waals surface area contributed by atoms with Crippen LogP contribution in [0, 0.1) is 13.8 Å². The van der Waals surface area contributed by atoms with Crippen LogP contribution in [-0.4, -0.2) is 33.9 Å². The van der Waals surface area contributed by atoms with Gasteiger partial charge in [-0.1, -0.05) is 0 Å². The highest BCUT2D eigenvalue weighted by atomic mass is 16.3. The molecule has 1 aromatic carbocycles. The van der Waals surface area contributed by atoms with E-state index >= 15 is 0 Å². The average Bonchev–Trinajstić information content (AvgIpc) is 3.00. The van der Waals surface area contributed by atoms with E-state index in [-0.39, 0.29) is 11.8 Å². The van der Waals surface area contributed by atoms with Gasteiger partial charge >= 0.3 is 0 Å². The van der Waals surface area contributed by atoms with Crippen LogP contribution < -0.4 is 0 Å². The minimum atomic E-state index is 0.0751. The van der Waals surface area contributed by atoms with Crippen LogP contribution in [0.25, 0.3) is 11.0 Å². The van der Waals surface area contributed by atoms with Gasteiger partial charge in [-0.3, -0.25) is 14.8 Å². The third-order valence-corrected chi connectivity index (χ3v) is 4.79. The Kier molecular flexibility index (Phi) is 3.99. The SMILES string of the molecule is Cc1cncc([C@H]2CCCN(C(=O)c3ccc4oc(C)cc4c3)C2)n1. The molecule has 1 aliphatic rings. The molecule has 25 heavy (non-hydrogen) atoms. The van der Waals surface area contributed by atoms with Crippen molar-refractivity contribution in [3.8, 4) is 0 Å². The van der Waals surface area contributed by atoms with Gasteiger partial charge in [0.2, 0.25) is 0 Å². The lowest BCUT2D eigenvalue weighted by atomic mass is 9.94. The zero-order chi connectivity index (χ0) is 17.4. The Bertz CT molecular complexity index is 932. The lowest BCUT2D eigenvalue weighted by Gasteiger charge is -2.32. The second-order valence-electron chi connectivity index (χ2n) is 6.79. The number of aryl methyl sites for hydroxylation is 2. The fourth-order valence-corrected chi connectivity index (χ4v) is 3.57. The Morgan fingerprint density at radius 3 is 2.96 bits per heavy atom. The van der Waals surface area contributed by atoms with E-state index in [2.05, 4.69) is 9.97 Å². The highest BCUT2D eigenvalue weighted by Crippen LogP contribution is 2.27. The number of hydrogen-bond acceptors (Lipinski definition) is 4. The van der Waals surface area contributed by atoms with Gasteiger partial charge in [-0.05, 0) is 51.0 Å². The topological polar surface area (TPSA) is 59.2 Å². The van der Waals surface area contributed by atoms with Crippen LogP contribution in [0.1, 0.15) is 46.3 Å². The highest BCUT2D eigenvalue weighted by molar-refractivity contribution is 5.98. The van der Waals surface area contributed by atoms with E-state index in [1.54, 1.807) is 6.20 Å². The Hall–Kier alpha value is -2.69. The predicted molar refractivity (Wildman–Crippen MR) is 95.6 cm³/mol. The standard InChI is InChI=1S/C20H21N3O2/c1-13-10-21-11-18(22-13)16-4-3-7-23(12-16)20(24)15-5-6-19-17(9-15)8-14(2)25-19/h5-6,8-11,16H,3-4,7,12H2,1-2H3/t16-/m0/s1. The number of hydrogen-bond donors (Lipinski definition) is 0. The van der Waals surface area contributed by atoms with Gasteiger partial charge in [0.25, 0.3) is 5.91 Å². The van der Waals surface area contributed by atoms with Crippen molar-refractivity contribution >= 4 is 16.9 Å². The van der Waals surface area contributed by atoms with Crippen LogP contribution in [0.15, 0.2) is 41.1 Å².